The molecule has 0 saturated carbocycles. The maximum absolute atomic E-state index is 12.1. The SMILES string of the molecule is Cn1c(=O)[nH]c2cc(CNC(=O)COc3ccc(C(C)(C)C)c(Cl)c3)ccc21. The third-order valence-corrected chi connectivity index (χ3v) is 4.89. The Morgan fingerprint density at radius 1 is 1.21 bits per heavy atom. The van der Waals surface area contributed by atoms with E-state index >= 15 is 0 Å². The molecule has 0 radical (unpaired) electrons. The van der Waals surface area contributed by atoms with Gasteiger partial charge >= 0.3 is 5.69 Å². The zero-order valence-corrected chi connectivity index (χ0v) is 17.2. The number of carbonyl (C=O) groups is 1. The number of imidazole rings is 1. The van der Waals surface area contributed by atoms with Crippen LogP contribution in [0.4, 0.5) is 0 Å². The van der Waals surface area contributed by atoms with Crippen LogP contribution in [0.15, 0.2) is 41.2 Å². The van der Waals surface area contributed by atoms with Crippen molar-refractivity contribution in [2.24, 2.45) is 7.05 Å². The number of halogens is 1. The minimum Gasteiger partial charge on any atom is -0.484 e. The van der Waals surface area contributed by atoms with Crippen LogP contribution in [-0.2, 0) is 23.8 Å². The zero-order chi connectivity index (χ0) is 20.5. The second-order valence-electron chi connectivity index (χ2n) is 7.80. The molecule has 1 aromatic heterocycles. The molecule has 7 heteroatoms. The van der Waals surface area contributed by atoms with Gasteiger partial charge in [-0.25, -0.2) is 4.79 Å². The van der Waals surface area contributed by atoms with Gasteiger partial charge in [-0.2, -0.15) is 0 Å². The Morgan fingerprint density at radius 3 is 2.64 bits per heavy atom. The second kappa shape index (κ2) is 7.72. The van der Waals surface area contributed by atoms with Crippen molar-refractivity contribution >= 4 is 28.5 Å². The van der Waals surface area contributed by atoms with Crippen LogP contribution < -0.4 is 15.7 Å². The van der Waals surface area contributed by atoms with Crippen molar-refractivity contribution in [3.63, 3.8) is 0 Å². The van der Waals surface area contributed by atoms with Crippen LogP contribution in [0.2, 0.25) is 5.02 Å². The number of aryl methyl sites for hydroxylation is 1. The highest BCUT2D eigenvalue weighted by Crippen LogP contribution is 2.32. The molecule has 0 unspecified atom stereocenters. The molecule has 0 fully saturated rings. The van der Waals surface area contributed by atoms with Crippen molar-refractivity contribution in [2.75, 3.05) is 6.61 Å². The van der Waals surface area contributed by atoms with Crippen LogP contribution in [0, 0.1) is 0 Å². The van der Waals surface area contributed by atoms with Gasteiger partial charge < -0.3 is 15.0 Å². The molecule has 2 N–H and O–H groups in total. The number of carbonyl (C=O) groups excluding carboxylic acids is 1. The number of amides is 1. The highest BCUT2D eigenvalue weighted by molar-refractivity contribution is 6.31. The third-order valence-electron chi connectivity index (χ3n) is 4.58. The first-order valence-corrected chi connectivity index (χ1v) is 9.40. The number of fused-ring (bicyclic) bond motifs is 1. The van der Waals surface area contributed by atoms with Crippen LogP contribution in [0.5, 0.6) is 5.75 Å². The second-order valence-corrected chi connectivity index (χ2v) is 8.20. The number of benzene rings is 2. The molecule has 0 bridgehead atoms. The van der Waals surface area contributed by atoms with Crippen molar-refractivity contribution in [2.45, 2.75) is 32.7 Å². The van der Waals surface area contributed by atoms with Crippen molar-refractivity contribution in [3.8, 4) is 5.75 Å². The molecule has 0 atom stereocenters. The Labute approximate surface area is 168 Å². The first kappa shape index (κ1) is 20.0. The van der Waals surface area contributed by atoms with Crippen LogP contribution in [0.25, 0.3) is 11.0 Å². The molecule has 3 rings (SSSR count). The topological polar surface area (TPSA) is 76.1 Å². The van der Waals surface area contributed by atoms with E-state index < -0.39 is 0 Å². The molecule has 0 saturated heterocycles. The summed E-state index contributed by atoms with van der Waals surface area (Å²) in [5.41, 5.74) is 3.25. The van der Waals surface area contributed by atoms with Crippen LogP contribution in [0.1, 0.15) is 31.9 Å². The number of hydrogen-bond donors (Lipinski definition) is 2. The monoisotopic (exact) mass is 401 g/mol. The molecule has 3 aromatic rings. The third kappa shape index (κ3) is 4.39. The molecule has 148 valence electrons. The maximum Gasteiger partial charge on any atom is 0.326 e. The molecular formula is C21H24ClN3O3. The average molecular weight is 402 g/mol. The molecule has 0 spiro atoms. The lowest BCUT2D eigenvalue weighted by molar-refractivity contribution is -0.123. The van der Waals surface area contributed by atoms with Crippen molar-refractivity contribution < 1.29 is 9.53 Å². The fourth-order valence-electron chi connectivity index (χ4n) is 2.99. The van der Waals surface area contributed by atoms with Gasteiger partial charge in [0.2, 0.25) is 0 Å². The van der Waals surface area contributed by atoms with E-state index in [1.54, 1.807) is 17.7 Å². The molecule has 0 aliphatic rings. The summed E-state index contributed by atoms with van der Waals surface area (Å²) in [7, 11) is 1.71. The number of nitrogens with zero attached hydrogens (tertiary/aromatic N) is 1. The lowest BCUT2D eigenvalue weighted by Gasteiger charge is -2.21. The van der Waals surface area contributed by atoms with E-state index in [1.165, 1.54) is 0 Å². The van der Waals surface area contributed by atoms with E-state index in [9.17, 15) is 9.59 Å². The van der Waals surface area contributed by atoms with E-state index in [4.69, 9.17) is 16.3 Å². The minimum absolute atomic E-state index is 0.0584. The number of H-pyrrole nitrogens is 1. The van der Waals surface area contributed by atoms with Crippen molar-refractivity contribution in [3.05, 3.63) is 63.0 Å². The molecular weight excluding hydrogens is 378 g/mol. The summed E-state index contributed by atoms with van der Waals surface area (Å²) in [4.78, 5) is 26.5. The van der Waals surface area contributed by atoms with Gasteiger partial charge in [-0.3, -0.25) is 9.36 Å². The standard InChI is InChI=1S/C21H24ClN3O3/c1-21(2,3)15-7-6-14(10-16(15)22)28-12-19(26)23-11-13-5-8-18-17(9-13)24-20(27)25(18)4/h5-10H,11-12H2,1-4H3,(H,23,26)(H,24,27). The number of nitrogens with one attached hydrogen (secondary N) is 2. The Kier molecular flexibility index (Phi) is 5.52. The largest absolute Gasteiger partial charge is 0.484 e. The first-order valence-electron chi connectivity index (χ1n) is 9.02. The van der Waals surface area contributed by atoms with Crippen molar-refractivity contribution in [1.29, 1.82) is 0 Å². The maximum atomic E-state index is 12.1. The van der Waals surface area contributed by atoms with Gasteiger partial charge in [-0.1, -0.05) is 44.5 Å². The Balaban J connectivity index is 1.56. The molecule has 28 heavy (non-hydrogen) atoms. The summed E-state index contributed by atoms with van der Waals surface area (Å²) >= 11 is 6.32. The first-order chi connectivity index (χ1) is 13.1. The zero-order valence-electron chi connectivity index (χ0n) is 16.4. The van der Waals surface area contributed by atoms with Crippen LogP contribution >= 0.6 is 11.6 Å². The molecule has 2 aromatic carbocycles. The quantitative estimate of drug-likeness (QED) is 0.686. The van der Waals surface area contributed by atoms with Gasteiger partial charge in [-0.15, -0.1) is 0 Å². The predicted octanol–water partition coefficient (Wildman–Crippen LogP) is 3.51. The number of hydrogen-bond acceptors (Lipinski definition) is 3. The summed E-state index contributed by atoms with van der Waals surface area (Å²) in [5, 5.41) is 3.43. The van der Waals surface area contributed by atoms with Gasteiger partial charge in [0.1, 0.15) is 5.75 Å². The van der Waals surface area contributed by atoms with Gasteiger partial charge in [0.15, 0.2) is 6.61 Å². The van der Waals surface area contributed by atoms with Gasteiger partial charge in [0.05, 0.1) is 11.0 Å². The molecule has 1 amide bonds. The summed E-state index contributed by atoms with van der Waals surface area (Å²) in [6, 6.07) is 11.1. The minimum atomic E-state index is -0.238. The van der Waals surface area contributed by atoms with Crippen LogP contribution in [-0.4, -0.2) is 22.1 Å². The number of rotatable bonds is 5. The van der Waals surface area contributed by atoms with E-state index in [2.05, 4.69) is 31.1 Å². The van der Waals surface area contributed by atoms with Gasteiger partial charge in [0.25, 0.3) is 5.91 Å². The molecule has 1 heterocycles. The van der Waals surface area contributed by atoms with E-state index in [-0.39, 0.29) is 23.6 Å². The van der Waals surface area contributed by atoms with Gasteiger partial charge in [-0.05, 0) is 40.8 Å². The highest BCUT2D eigenvalue weighted by Gasteiger charge is 2.17. The van der Waals surface area contributed by atoms with E-state index in [0.29, 0.717) is 17.3 Å². The average Bonchev–Trinajstić information content (AvgIpc) is 2.90. The lowest BCUT2D eigenvalue weighted by Crippen LogP contribution is -2.28. The fourth-order valence-corrected chi connectivity index (χ4v) is 3.44. The van der Waals surface area contributed by atoms with Crippen molar-refractivity contribution in [1.82, 2.24) is 14.9 Å². The highest BCUT2D eigenvalue weighted by atomic mass is 35.5. The number of ether oxygens (including phenoxy) is 1. The Morgan fingerprint density at radius 2 is 1.96 bits per heavy atom. The lowest BCUT2D eigenvalue weighted by atomic mass is 9.87. The van der Waals surface area contributed by atoms with E-state index in [1.807, 2.05) is 30.3 Å². The Hall–Kier alpha value is -2.73. The van der Waals surface area contributed by atoms with Gasteiger partial charge in [0, 0.05) is 18.6 Å². The summed E-state index contributed by atoms with van der Waals surface area (Å²) in [5.74, 6) is 0.314. The number of aromatic nitrogens is 2. The summed E-state index contributed by atoms with van der Waals surface area (Å²) < 4.78 is 7.09. The predicted molar refractivity (Wildman–Crippen MR) is 111 cm³/mol. The molecule has 0 aliphatic carbocycles. The van der Waals surface area contributed by atoms with Crippen LogP contribution in [0.3, 0.4) is 0 Å². The summed E-state index contributed by atoms with van der Waals surface area (Å²) in [6.07, 6.45) is 0. The summed E-state index contributed by atoms with van der Waals surface area (Å²) in [6.45, 7) is 6.51. The smallest absolute Gasteiger partial charge is 0.326 e. The molecule has 6 nitrogen and oxygen atoms in total. The number of aromatic amines is 1. The van der Waals surface area contributed by atoms with E-state index in [0.717, 1.165) is 22.2 Å². The Bertz CT molecular complexity index is 1080. The molecule has 0 aliphatic heterocycles. The normalized spacial score (nSPS) is 11.6. The fraction of sp³-hybridized carbons (Fsp3) is 0.333.